The largest absolute Gasteiger partial charge is 0.454 e. The summed E-state index contributed by atoms with van der Waals surface area (Å²) in [4.78, 5) is 41.9. The summed E-state index contributed by atoms with van der Waals surface area (Å²) in [5.74, 6) is 0.0363. The Morgan fingerprint density at radius 1 is 1.00 bits per heavy atom. The predicted octanol–water partition coefficient (Wildman–Crippen LogP) is 4.07. The van der Waals surface area contributed by atoms with Crippen LogP contribution in [0.2, 0.25) is 0 Å². The number of ketones is 1. The number of anilines is 1. The number of hydrogen-bond donors (Lipinski definition) is 1. The number of carbonyl (C=O) groups is 3. The number of thioether (sulfide) groups is 1. The Bertz CT molecular complexity index is 1310. The Labute approximate surface area is 206 Å². The molecule has 2 aliphatic rings. The van der Waals surface area contributed by atoms with Crippen LogP contribution >= 0.6 is 11.8 Å². The summed E-state index contributed by atoms with van der Waals surface area (Å²) in [6.45, 7) is -0.207. The van der Waals surface area contributed by atoms with Crippen LogP contribution in [-0.2, 0) is 22.4 Å². The summed E-state index contributed by atoms with van der Waals surface area (Å²) in [6, 6.07) is 13.9. The van der Waals surface area contributed by atoms with Gasteiger partial charge in [-0.1, -0.05) is 23.9 Å². The number of pyridine rings is 1. The molecule has 2 heterocycles. The van der Waals surface area contributed by atoms with E-state index in [1.54, 1.807) is 36.4 Å². The summed E-state index contributed by atoms with van der Waals surface area (Å²) in [5.41, 5.74) is 3.78. The normalized spacial score (nSPS) is 13.3. The number of aryl methyl sites for hydroxylation is 2. The van der Waals surface area contributed by atoms with E-state index >= 15 is 0 Å². The van der Waals surface area contributed by atoms with Gasteiger partial charge in [0.1, 0.15) is 5.03 Å². The van der Waals surface area contributed by atoms with Crippen LogP contribution in [0.15, 0.2) is 59.8 Å². The second-order valence-electron chi connectivity index (χ2n) is 8.10. The van der Waals surface area contributed by atoms with Crippen molar-refractivity contribution in [2.24, 2.45) is 0 Å². The third kappa shape index (κ3) is 5.30. The molecular formula is C26H22N2O6S. The smallest absolute Gasteiger partial charge is 0.341 e. The van der Waals surface area contributed by atoms with Crippen LogP contribution in [0.1, 0.15) is 38.3 Å². The van der Waals surface area contributed by atoms with Gasteiger partial charge in [0.2, 0.25) is 12.7 Å². The molecule has 178 valence electrons. The van der Waals surface area contributed by atoms with Crippen molar-refractivity contribution in [2.75, 3.05) is 24.5 Å². The first-order valence-corrected chi connectivity index (χ1v) is 12.1. The highest BCUT2D eigenvalue weighted by molar-refractivity contribution is 8.00. The van der Waals surface area contributed by atoms with Crippen molar-refractivity contribution < 1.29 is 28.6 Å². The maximum atomic E-state index is 12.7. The minimum Gasteiger partial charge on any atom is -0.454 e. The maximum absolute atomic E-state index is 12.7. The molecule has 0 saturated carbocycles. The van der Waals surface area contributed by atoms with E-state index in [1.807, 2.05) is 12.1 Å². The van der Waals surface area contributed by atoms with E-state index in [0.717, 1.165) is 31.0 Å². The van der Waals surface area contributed by atoms with Gasteiger partial charge in [-0.2, -0.15) is 0 Å². The standard InChI is InChI=1S/C26H22N2O6S/c29-21(18-7-6-16-3-1-4-17(16)11-18)13-32-26(31)20-5-2-10-27-25(20)35-14-24(30)28-19-8-9-22-23(12-19)34-15-33-22/h2,5-12H,1,3-4,13-15H2,(H,28,30). The van der Waals surface area contributed by atoms with Crippen molar-refractivity contribution in [3.05, 3.63) is 77.0 Å². The number of nitrogens with zero attached hydrogens (tertiary/aromatic N) is 1. The molecule has 2 aromatic carbocycles. The monoisotopic (exact) mass is 490 g/mol. The zero-order valence-electron chi connectivity index (χ0n) is 18.7. The SMILES string of the molecule is O=C(CSc1ncccc1C(=O)OCC(=O)c1ccc2c(c1)CCC2)Nc1ccc2c(c1)OCO2. The fraction of sp³-hybridized carbons (Fsp3) is 0.231. The number of benzene rings is 2. The van der Waals surface area contributed by atoms with Gasteiger partial charge >= 0.3 is 5.97 Å². The van der Waals surface area contributed by atoms with Crippen molar-refractivity contribution in [2.45, 2.75) is 24.3 Å². The summed E-state index contributed by atoms with van der Waals surface area (Å²) < 4.78 is 15.9. The molecule has 0 radical (unpaired) electrons. The predicted molar refractivity (Wildman–Crippen MR) is 129 cm³/mol. The van der Waals surface area contributed by atoms with E-state index in [1.165, 1.54) is 17.3 Å². The van der Waals surface area contributed by atoms with Crippen molar-refractivity contribution in [3.8, 4) is 11.5 Å². The summed E-state index contributed by atoms with van der Waals surface area (Å²) in [6.07, 6.45) is 4.63. The number of esters is 1. The summed E-state index contributed by atoms with van der Waals surface area (Å²) >= 11 is 1.11. The molecule has 8 nitrogen and oxygen atoms in total. The Morgan fingerprint density at radius 3 is 2.77 bits per heavy atom. The Kier molecular flexibility index (Phi) is 6.67. The average Bonchev–Trinajstić information content (AvgIpc) is 3.54. The molecule has 0 unspecified atom stereocenters. The van der Waals surface area contributed by atoms with Gasteiger partial charge in [-0.25, -0.2) is 9.78 Å². The summed E-state index contributed by atoms with van der Waals surface area (Å²) in [5, 5.41) is 3.13. The van der Waals surface area contributed by atoms with Gasteiger partial charge in [0, 0.05) is 23.5 Å². The Hall–Kier alpha value is -3.85. The molecule has 1 N–H and O–H groups in total. The fourth-order valence-corrected chi connectivity index (χ4v) is 4.79. The topological polar surface area (TPSA) is 104 Å². The molecule has 1 aliphatic carbocycles. The Balaban J connectivity index is 1.16. The average molecular weight is 491 g/mol. The number of nitrogens with one attached hydrogen (secondary N) is 1. The van der Waals surface area contributed by atoms with E-state index < -0.39 is 5.97 Å². The zero-order valence-corrected chi connectivity index (χ0v) is 19.6. The van der Waals surface area contributed by atoms with Crippen molar-refractivity contribution in [3.63, 3.8) is 0 Å². The number of ether oxygens (including phenoxy) is 3. The van der Waals surface area contributed by atoms with Crippen LogP contribution in [0.4, 0.5) is 5.69 Å². The number of hydrogen-bond acceptors (Lipinski definition) is 8. The maximum Gasteiger partial charge on any atom is 0.341 e. The molecule has 1 amide bonds. The minimum absolute atomic E-state index is 0.0276. The van der Waals surface area contributed by atoms with E-state index in [0.29, 0.717) is 27.8 Å². The van der Waals surface area contributed by atoms with Crippen LogP contribution in [0.5, 0.6) is 11.5 Å². The van der Waals surface area contributed by atoms with Crippen LogP contribution in [-0.4, -0.2) is 41.8 Å². The number of Topliss-reactive ketones (excluding diaryl/α,β-unsaturated/α-hetero) is 1. The van der Waals surface area contributed by atoms with Crippen molar-refractivity contribution in [1.82, 2.24) is 4.98 Å². The van der Waals surface area contributed by atoms with Gasteiger partial charge in [-0.3, -0.25) is 9.59 Å². The van der Waals surface area contributed by atoms with Gasteiger partial charge in [-0.05, 0) is 60.7 Å². The zero-order chi connectivity index (χ0) is 24.2. The fourth-order valence-electron chi connectivity index (χ4n) is 4.00. The van der Waals surface area contributed by atoms with E-state index in [4.69, 9.17) is 14.2 Å². The molecule has 0 spiro atoms. The first-order valence-electron chi connectivity index (χ1n) is 11.2. The van der Waals surface area contributed by atoms with Crippen LogP contribution < -0.4 is 14.8 Å². The molecular weight excluding hydrogens is 468 g/mol. The lowest BCUT2D eigenvalue weighted by molar-refractivity contribution is -0.113. The lowest BCUT2D eigenvalue weighted by Crippen LogP contribution is -2.17. The van der Waals surface area contributed by atoms with E-state index in [2.05, 4.69) is 10.3 Å². The molecule has 9 heteroatoms. The first kappa shape index (κ1) is 22.9. The molecule has 3 aromatic rings. The molecule has 1 aliphatic heterocycles. The number of fused-ring (bicyclic) bond motifs is 2. The minimum atomic E-state index is -0.661. The van der Waals surface area contributed by atoms with Crippen LogP contribution in [0, 0.1) is 0 Å². The quantitative estimate of drug-likeness (QED) is 0.286. The second kappa shape index (κ2) is 10.2. The van der Waals surface area contributed by atoms with Gasteiger partial charge in [0.25, 0.3) is 0 Å². The highest BCUT2D eigenvalue weighted by atomic mass is 32.2. The third-order valence-corrected chi connectivity index (χ3v) is 6.75. The van der Waals surface area contributed by atoms with E-state index in [-0.39, 0.29) is 36.4 Å². The van der Waals surface area contributed by atoms with Gasteiger partial charge in [-0.15, -0.1) is 0 Å². The highest BCUT2D eigenvalue weighted by Crippen LogP contribution is 2.34. The Morgan fingerprint density at radius 2 is 1.86 bits per heavy atom. The highest BCUT2D eigenvalue weighted by Gasteiger charge is 2.19. The molecule has 35 heavy (non-hydrogen) atoms. The molecule has 0 saturated heterocycles. The molecule has 0 atom stereocenters. The number of amides is 1. The lowest BCUT2D eigenvalue weighted by atomic mass is 10.0. The van der Waals surface area contributed by atoms with Crippen molar-refractivity contribution >= 4 is 35.1 Å². The van der Waals surface area contributed by atoms with Crippen molar-refractivity contribution in [1.29, 1.82) is 0 Å². The summed E-state index contributed by atoms with van der Waals surface area (Å²) in [7, 11) is 0. The van der Waals surface area contributed by atoms with Crippen LogP contribution in [0.25, 0.3) is 0 Å². The molecule has 1 aromatic heterocycles. The molecule has 0 fully saturated rings. The van der Waals surface area contributed by atoms with Gasteiger partial charge in [0.05, 0.1) is 11.3 Å². The lowest BCUT2D eigenvalue weighted by Gasteiger charge is -2.09. The molecule has 5 rings (SSSR count). The van der Waals surface area contributed by atoms with Gasteiger partial charge < -0.3 is 19.5 Å². The second-order valence-corrected chi connectivity index (χ2v) is 9.06. The van der Waals surface area contributed by atoms with Crippen LogP contribution in [0.3, 0.4) is 0 Å². The molecule has 0 bridgehead atoms. The number of rotatable bonds is 8. The first-order chi connectivity index (χ1) is 17.1. The number of carbonyl (C=O) groups excluding carboxylic acids is 3. The van der Waals surface area contributed by atoms with E-state index in [9.17, 15) is 14.4 Å². The van der Waals surface area contributed by atoms with Gasteiger partial charge in [0.15, 0.2) is 23.9 Å². The third-order valence-electron chi connectivity index (χ3n) is 5.74. The number of aromatic nitrogens is 1.